The molecule has 12 heavy (non-hydrogen) atoms. The summed E-state index contributed by atoms with van der Waals surface area (Å²) in [7, 11) is 0. The van der Waals surface area contributed by atoms with E-state index in [1.807, 2.05) is 13.8 Å². The number of fused-ring (bicyclic) bond motifs is 1. The van der Waals surface area contributed by atoms with Gasteiger partial charge in [-0.05, 0) is 6.07 Å². The van der Waals surface area contributed by atoms with Crippen LogP contribution >= 0.6 is 0 Å². The molecule has 2 nitrogen and oxygen atoms in total. The lowest BCUT2D eigenvalue weighted by atomic mass is 10.2. The van der Waals surface area contributed by atoms with E-state index in [1.165, 1.54) is 12.3 Å². The molecule has 0 fully saturated rings. The van der Waals surface area contributed by atoms with E-state index < -0.39 is 0 Å². The second-order valence-electron chi connectivity index (χ2n) is 2.32. The fourth-order valence-corrected chi connectivity index (χ4v) is 1.15. The number of nitrogens with one attached hydrogen (secondary N) is 1. The lowest BCUT2D eigenvalue weighted by Crippen LogP contribution is -2.00. The largest absolute Gasteiger partial charge is 0.307 e. The van der Waals surface area contributed by atoms with Crippen LogP contribution in [0.5, 0.6) is 0 Å². The average molecular weight is 168 g/mol. The van der Waals surface area contributed by atoms with Crippen molar-refractivity contribution < 1.29 is 4.39 Å². The van der Waals surface area contributed by atoms with Crippen LogP contribution in [0.2, 0.25) is 0 Å². The minimum atomic E-state index is -0.144. The second kappa shape index (κ2) is 4.16. The van der Waals surface area contributed by atoms with Gasteiger partial charge in [-0.15, -0.1) is 0 Å². The fraction of sp³-hybridized carbons (Fsp3) is 0.444. The average Bonchev–Trinajstić information content (AvgIpc) is 2.57. The summed E-state index contributed by atoms with van der Waals surface area (Å²) in [6.07, 6.45) is 1.50. The maximum absolute atomic E-state index is 12.8. The molecule has 0 unspecified atom stereocenters. The Morgan fingerprint density at radius 2 is 2.17 bits per heavy atom. The molecule has 1 N–H and O–H groups in total. The summed E-state index contributed by atoms with van der Waals surface area (Å²) < 4.78 is 12.8. The number of pyridine rings is 1. The first-order valence-corrected chi connectivity index (χ1v) is 4.21. The lowest BCUT2D eigenvalue weighted by molar-refractivity contribution is 0.606. The number of hydrogen-bond acceptors (Lipinski definition) is 2. The van der Waals surface area contributed by atoms with Gasteiger partial charge in [-0.3, -0.25) is 4.98 Å². The molecule has 1 aliphatic rings. The van der Waals surface area contributed by atoms with Crippen LogP contribution in [-0.4, -0.2) is 4.98 Å². The minimum Gasteiger partial charge on any atom is -0.307 e. The van der Waals surface area contributed by atoms with Crippen LogP contribution in [-0.2, 0) is 13.1 Å². The van der Waals surface area contributed by atoms with E-state index in [0.29, 0.717) is 13.1 Å². The highest BCUT2D eigenvalue weighted by molar-refractivity contribution is 5.24. The maximum atomic E-state index is 12.8. The molecule has 2 rings (SSSR count). The molecule has 0 spiro atoms. The van der Waals surface area contributed by atoms with E-state index in [4.69, 9.17) is 0 Å². The first-order valence-electron chi connectivity index (χ1n) is 4.21. The topological polar surface area (TPSA) is 24.9 Å². The monoisotopic (exact) mass is 168 g/mol. The molecule has 0 amide bonds. The number of rotatable bonds is 0. The van der Waals surface area contributed by atoms with Crippen LogP contribution < -0.4 is 5.32 Å². The molecule has 0 bridgehead atoms. The number of aromatic nitrogens is 1. The summed E-state index contributed by atoms with van der Waals surface area (Å²) >= 11 is 0. The van der Waals surface area contributed by atoms with Gasteiger partial charge in [-0.2, -0.15) is 0 Å². The standard InChI is InChI=1S/C7H7FN2.C2H6/c8-6-1-2-10-7-4-9-3-5(6)7;1-2/h1-2,9H,3-4H2;1-2H3. The highest BCUT2D eigenvalue weighted by atomic mass is 19.1. The van der Waals surface area contributed by atoms with Gasteiger partial charge in [0.05, 0.1) is 5.69 Å². The Bertz CT molecular complexity index is 261. The summed E-state index contributed by atoms with van der Waals surface area (Å²) in [5.41, 5.74) is 1.57. The summed E-state index contributed by atoms with van der Waals surface area (Å²) in [5.74, 6) is -0.144. The molecule has 0 aliphatic carbocycles. The summed E-state index contributed by atoms with van der Waals surface area (Å²) in [5, 5.41) is 3.03. The molecule has 0 radical (unpaired) electrons. The third kappa shape index (κ3) is 1.61. The smallest absolute Gasteiger partial charge is 0.131 e. The van der Waals surface area contributed by atoms with Crippen LogP contribution in [0.3, 0.4) is 0 Å². The Hall–Kier alpha value is -0.960. The normalized spacial score (nSPS) is 13.2. The number of halogens is 1. The van der Waals surface area contributed by atoms with Crippen LogP contribution in [0.25, 0.3) is 0 Å². The molecule has 66 valence electrons. The van der Waals surface area contributed by atoms with Crippen LogP contribution in [0, 0.1) is 5.82 Å². The third-order valence-electron chi connectivity index (χ3n) is 1.68. The molecule has 0 saturated carbocycles. The van der Waals surface area contributed by atoms with E-state index in [2.05, 4.69) is 10.3 Å². The van der Waals surface area contributed by atoms with Crippen molar-refractivity contribution in [2.45, 2.75) is 26.9 Å². The van der Waals surface area contributed by atoms with Crippen LogP contribution in [0.4, 0.5) is 4.39 Å². The Balaban J connectivity index is 0.000000336. The lowest BCUT2D eigenvalue weighted by Gasteiger charge is -1.95. The second-order valence-corrected chi connectivity index (χ2v) is 2.32. The Morgan fingerprint density at radius 3 is 2.83 bits per heavy atom. The van der Waals surface area contributed by atoms with Gasteiger partial charge in [0.25, 0.3) is 0 Å². The van der Waals surface area contributed by atoms with Crippen molar-refractivity contribution >= 4 is 0 Å². The SMILES string of the molecule is CC.Fc1ccnc2c1CNC2. The maximum Gasteiger partial charge on any atom is 0.131 e. The van der Waals surface area contributed by atoms with E-state index >= 15 is 0 Å². The van der Waals surface area contributed by atoms with Crippen molar-refractivity contribution in [2.75, 3.05) is 0 Å². The van der Waals surface area contributed by atoms with Crippen molar-refractivity contribution in [3.8, 4) is 0 Å². The summed E-state index contributed by atoms with van der Waals surface area (Å²) in [6.45, 7) is 5.32. The fourth-order valence-electron chi connectivity index (χ4n) is 1.15. The van der Waals surface area contributed by atoms with Gasteiger partial charge in [0.2, 0.25) is 0 Å². The Morgan fingerprint density at radius 1 is 1.42 bits per heavy atom. The van der Waals surface area contributed by atoms with Crippen molar-refractivity contribution in [1.82, 2.24) is 10.3 Å². The van der Waals surface area contributed by atoms with Gasteiger partial charge in [0, 0.05) is 24.8 Å². The zero-order chi connectivity index (χ0) is 8.97. The van der Waals surface area contributed by atoms with Crippen LogP contribution in [0.15, 0.2) is 12.3 Å². The quantitative estimate of drug-likeness (QED) is 0.639. The Kier molecular flexibility index (Phi) is 3.17. The summed E-state index contributed by atoms with van der Waals surface area (Å²) in [4.78, 5) is 4.02. The Labute approximate surface area is 71.8 Å². The molecule has 0 atom stereocenters. The van der Waals surface area contributed by atoms with E-state index in [9.17, 15) is 4.39 Å². The van der Waals surface area contributed by atoms with Gasteiger partial charge < -0.3 is 5.32 Å². The van der Waals surface area contributed by atoms with Gasteiger partial charge in [0.1, 0.15) is 5.82 Å². The zero-order valence-corrected chi connectivity index (χ0v) is 7.39. The highest BCUT2D eigenvalue weighted by Gasteiger charge is 2.14. The minimum absolute atomic E-state index is 0.144. The predicted octanol–water partition coefficient (Wildman–Crippen LogP) is 1.85. The van der Waals surface area contributed by atoms with E-state index in [-0.39, 0.29) is 5.82 Å². The van der Waals surface area contributed by atoms with Gasteiger partial charge in [-0.1, -0.05) is 13.8 Å². The first kappa shape index (κ1) is 9.13. The predicted molar refractivity (Wildman–Crippen MR) is 46.1 cm³/mol. The van der Waals surface area contributed by atoms with Gasteiger partial charge >= 0.3 is 0 Å². The number of nitrogens with zero attached hydrogens (tertiary/aromatic N) is 1. The molecule has 0 saturated heterocycles. The third-order valence-corrected chi connectivity index (χ3v) is 1.68. The first-order chi connectivity index (χ1) is 5.88. The molecule has 1 aliphatic heterocycles. The van der Waals surface area contributed by atoms with Gasteiger partial charge in [0.15, 0.2) is 0 Å². The molecule has 3 heteroatoms. The molecule has 0 aromatic carbocycles. The van der Waals surface area contributed by atoms with Crippen molar-refractivity contribution in [2.24, 2.45) is 0 Å². The van der Waals surface area contributed by atoms with Crippen molar-refractivity contribution in [1.29, 1.82) is 0 Å². The van der Waals surface area contributed by atoms with Gasteiger partial charge in [-0.25, -0.2) is 4.39 Å². The molecule has 1 aromatic rings. The molecule has 1 aromatic heterocycles. The molecule has 2 heterocycles. The molecular weight excluding hydrogens is 155 g/mol. The zero-order valence-electron chi connectivity index (χ0n) is 7.39. The highest BCUT2D eigenvalue weighted by Crippen LogP contribution is 2.14. The van der Waals surface area contributed by atoms with E-state index in [0.717, 1.165) is 11.3 Å². The number of hydrogen-bond donors (Lipinski definition) is 1. The summed E-state index contributed by atoms with van der Waals surface area (Å²) in [6, 6.07) is 1.39. The van der Waals surface area contributed by atoms with Crippen molar-refractivity contribution in [3.63, 3.8) is 0 Å². The van der Waals surface area contributed by atoms with Crippen LogP contribution in [0.1, 0.15) is 25.1 Å². The molecular formula is C9H13FN2. The van der Waals surface area contributed by atoms with E-state index in [1.54, 1.807) is 0 Å². The van der Waals surface area contributed by atoms with Crippen molar-refractivity contribution in [3.05, 3.63) is 29.3 Å².